The lowest BCUT2D eigenvalue weighted by Crippen LogP contribution is -2.26. The third-order valence-electron chi connectivity index (χ3n) is 3.45. The van der Waals surface area contributed by atoms with Crippen LogP contribution in [0.5, 0.6) is 11.5 Å². The van der Waals surface area contributed by atoms with Gasteiger partial charge in [0, 0.05) is 5.69 Å². The Morgan fingerprint density at radius 3 is 2.52 bits per heavy atom. The summed E-state index contributed by atoms with van der Waals surface area (Å²) in [5, 5.41) is 6.42. The van der Waals surface area contributed by atoms with E-state index in [0.717, 1.165) is 12.1 Å². The van der Waals surface area contributed by atoms with E-state index < -0.39 is 17.6 Å². The number of nitrogens with zero attached hydrogens (tertiary/aromatic N) is 1. The highest BCUT2D eigenvalue weighted by Gasteiger charge is 2.30. The minimum atomic E-state index is -4.44. The molecule has 0 fully saturated rings. The molecule has 0 aliphatic heterocycles. The van der Waals surface area contributed by atoms with Gasteiger partial charge in [0.15, 0.2) is 11.5 Å². The van der Waals surface area contributed by atoms with Gasteiger partial charge in [-0.1, -0.05) is 6.07 Å². The Morgan fingerprint density at radius 1 is 1.11 bits per heavy atom. The molecule has 0 atom stereocenters. The quantitative estimate of drug-likeness (QED) is 0.570. The number of anilines is 1. The summed E-state index contributed by atoms with van der Waals surface area (Å²) < 4.78 is 48.2. The zero-order chi connectivity index (χ0) is 19.9. The molecule has 6 nitrogen and oxygen atoms in total. The van der Waals surface area contributed by atoms with Crippen molar-refractivity contribution in [3.63, 3.8) is 0 Å². The molecule has 0 unspecified atom stereocenters. The molecule has 9 heteroatoms. The van der Waals surface area contributed by atoms with E-state index in [1.807, 2.05) is 0 Å². The molecule has 0 saturated heterocycles. The van der Waals surface area contributed by atoms with Crippen LogP contribution in [-0.4, -0.2) is 32.9 Å². The topological polar surface area (TPSA) is 72.0 Å². The van der Waals surface area contributed by atoms with Gasteiger partial charge in [0.05, 0.1) is 32.5 Å². The Balaban J connectivity index is 1.89. The maximum Gasteiger partial charge on any atom is 0.416 e. The van der Waals surface area contributed by atoms with Crippen LogP contribution in [0.4, 0.5) is 18.9 Å². The number of hydrogen-bond donors (Lipinski definition) is 2. The summed E-state index contributed by atoms with van der Waals surface area (Å²) in [6.45, 7) is -0.232. The summed E-state index contributed by atoms with van der Waals surface area (Å²) >= 11 is 0. The van der Waals surface area contributed by atoms with Crippen molar-refractivity contribution in [1.29, 1.82) is 0 Å². The zero-order valence-corrected chi connectivity index (χ0v) is 14.6. The summed E-state index contributed by atoms with van der Waals surface area (Å²) in [7, 11) is 3.02. The molecule has 0 radical (unpaired) electrons. The van der Waals surface area contributed by atoms with Crippen LogP contribution in [0.25, 0.3) is 0 Å². The van der Waals surface area contributed by atoms with Crippen molar-refractivity contribution in [2.45, 2.75) is 6.18 Å². The van der Waals surface area contributed by atoms with Crippen LogP contribution >= 0.6 is 0 Å². The van der Waals surface area contributed by atoms with Crippen LogP contribution in [0.2, 0.25) is 0 Å². The predicted molar refractivity (Wildman–Crippen MR) is 95.2 cm³/mol. The molecule has 2 aromatic carbocycles. The largest absolute Gasteiger partial charge is 0.493 e. The van der Waals surface area contributed by atoms with Crippen LogP contribution in [0.1, 0.15) is 11.1 Å². The molecule has 2 N–H and O–H groups in total. The summed E-state index contributed by atoms with van der Waals surface area (Å²) in [5.41, 5.74) is 2.34. The summed E-state index contributed by atoms with van der Waals surface area (Å²) in [6.07, 6.45) is -3.03. The first-order valence-corrected chi connectivity index (χ1v) is 7.78. The van der Waals surface area contributed by atoms with Gasteiger partial charge in [0.25, 0.3) is 5.91 Å². The van der Waals surface area contributed by atoms with Crippen LogP contribution in [0.3, 0.4) is 0 Å². The van der Waals surface area contributed by atoms with Crippen molar-refractivity contribution in [3.05, 3.63) is 53.6 Å². The van der Waals surface area contributed by atoms with Crippen LogP contribution < -0.4 is 20.2 Å². The number of ether oxygens (including phenoxy) is 2. The second-order valence-electron chi connectivity index (χ2n) is 5.34. The zero-order valence-electron chi connectivity index (χ0n) is 14.6. The lowest BCUT2D eigenvalue weighted by atomic mass is 10.2. The van der Waals surface area contributed by atoms with E-state index in [1.54, 1.807) is 18.2 Å². The maximum absolute atomic E-state index is 12.7. The molecule has 0 heterocycles. The molecule has 27 heavy (non-hydrogen) atoms. The fourth-order valence-electron chi connectivity index (χ4n) is 2.14. The lowest BCUT2D eigenvalue weighted by Gasteiger charge is -2.10. The molecule has 1 amide bonds. The fraction of sp³-hybridized carbons (Fsp3) is 0.222. The van der Waals surface area contributed by atoms with E-state index >= 15 is 0 Å². The molecular formula is C18H18F3N3O3. The van der Waals surface area contributed by atoms with Crippen molar-refractivity contribution >= 4 is 17.8 Å². The minimum Gasteiger partial charge on any atom is -0.493 e. The SMILES string of the molecule is COc1ccc(/C=N\NC(=O)CNc2cccc(C(F)(F)F)c2)cc1OC. The van der Waals surface area contributed by atoms with Gasteiger partial charge in [-0.05, 0) is 42.0 Å². The molecule has 0 bridgehead atoms. The van der Waals surface area contributed by atoms with Gasteiger partial charge in [-0.15, -0.1) is 0 Å². The van der Waals surface area contributed by atoms with Gasteiger partial charge in [-0.2, -0.15) is 18.3 Å². The van der Waals surface area contributed by atoms with E-state index in [4.69, 9.17) is 9.47 Å². The molecule has 0 spiro atoms. The van der Waals surface area contributed by atoms with Crippen molar-refractivity contribution in [2.75, 3.05) is 26.1 Å². The summed E-state index contributed by atoms with van der Waals surface area (Å²) in [6, 6.07) is 9.68. The minimum absolute atomic E-state index is 0.184. The number of halogens is 3. The normalized spacial score (nSPS) is 11.3. The van der Waals surface area contributed by atoms with Crippen molar-refractivity contribution in [1.82, 2.24) is 5.43 Å². The molecular weight excluding hydrogens is 363 g/mol. The maximum atomic E-state index is 12.7. The van der Waals surface area contributed by atoms with Gasteiger partial charge in [0.2, 0.25) is 0 Å². The monoisotopic (exact) mass is 381 g/mol. The first-order valence-electron chi connectivity index (χ1n) is 7.78. The Morgan fingerprint density at radius 2 is 1.85 bits per heavy atom. The van der Waals surface area contributed by atoms with Gasteiger partial charge in [0.1, 0.15) is 0 Å². The van der Waals surface area contributed by atoms with Crippen molar-refractivity contribution < 1.29 is 27.4 Å². The van der Waals surface area contributed by atoms with E-state index in [-0.39, 0.29) is 12.2 Å². The van der Waals surface area contributed by atoms with Crippen LogP contribution in [0, 0.1) is 0 Å². The first-order chi connectivity index (χ1) is 12.8. The Hall–Kier alpha value is -3.23. The van der Waals surface area contributed by atoms with Gasteiger partial charge >= 0.3 is 6.18 Å². The Kier molecular flexibility index (Phi) is 6.64. The molecule has 144 valence electrons. The second-order valence-corrected chi connectivity index (χ2v) is 5.34. The number of amides is 1. The third-order valence-corrected chi connectivity index (χ3v) is 3.45. The lowest BCUT2D eigenvalue weighted by molar-refractivity contribution is -0.137. The van der Waals surface area contributed by atoms with E-state index in [0.29, 0.717) is 17.1 Å². The number of alkyl halides is 3. The number of benzene rings is 2. The first kappa shape index (κ1) is 20.1. The van der Waals surface area contributed by atoms with Gasteiger partial charge < -0.3 is 14.8 Å². The highest BCUT2D eigenvalue weighted by atomic mass is 19.4. The highest BCUT2D eigenvalue weighted by molar-refractivity contribution is 5.84. The van der Waals surface area contributed by atoms with Crippen LogP contribution in [0.15, 0.2) is 47.6 Å². The van der Waals surface area contributed by atoms with E-state index in [2.05, 4.69) is 15.8 Å². The van der Waals surface area contributed by atoms with Gasteiger partial charge in [-0.3, -0.25) is 4.79 Å². The van der Waals surface area contributed by atoms with E-state index in [1.165, 1.54) is 32.6 Å². The number of hydrazone groups is 1. The summed E-state index contributed by atoms with van der Waals surface area (Å²) in [5.74, 6) is 0.562. The average molecular weight is 381 g/mol. The molecule has 0 aromatic heterocycles. The Bertz CT molecular complexity index is 823. The van der Waals surface area contributed by atoms with E-state index in [9.17, 15) is 18.0 Å². The number of carbonyl (C=O) groups is 1. The molecule has 0 aliphatic carbocycles. The third kappa shape index (κ3) is 5.91. The standard InChI is InChI=1S/C18H18F3N3O3/c1-26-15-7-6-12(8-16(15)27-2)10-23-24-17(25)11-22-14-5-3-4-13(9-14)18(19,20)21/h3-10,22H,11H2,1-2H3,(H,24,25)/b23-10-. The van der Waals surface area contributed by atoms with Gasteiger partial charge in [-0.25, -0.2) is 5.43 Å². The predicted octanol–water partition coefficient (Wildman–Crippen LogP) is 3.28. The number of nitrogens with one attached hydrogen (secondary N) is 2. The number of rotatable bonds is 7. The highest BCUT2D eigenvalue weighted by Crippen LogP contribution is 2.30. The number of methoxy groups -OCH3 is 2. The van der Waals surface area contributed by atoms with Crippen LogP contribution in [-0.2, 0) is 11.0 Å². The van der Waals surface area contributed by atoms with Crippen molar-refractivity contribution in [2.24, 2.45) is 5.10 Å². The fourth-order valence-corrected chi connectivity index (χ4v) is 2.14. The number of hydrogen-bond acceptors (Lipinski definition) is 5. The smallest absolute Gasteiger partial charge is 0.416 e. The molecule has 0 saturated carbocycles. The van der Waals surface area contributed by atoms with Crippen molar-refractivity contribution in [3.8, 4) is 11.5 Å². The molecule has 2 rings (SSSR count). The second kappa shape index (κ2) is 8.93. The molecule has 2 aromatic rings. The Labute approximate surface area is 154 Å². The number of carbonyl (C=O) groups excluding carboxylic acids is 1. The summed E-state index contributed by atoms with van der Waals surface area (Å²) in [4.78, 5) is 11.8. The molecule has 0 aliphatic rings. The average Bonchev–Trinajstić information content (AvgIpc) is 2.65.